The molecule has 1 amide bonds. The van der Waals surface area contributed by atoms with Gasteiger partial charge in [-0.15, -0.1) is 0 Å². The second-order valence-electron chi connectivity index (χ2n) is 19.0. The van der Waals surface area contributed by atoms with Gasteiger partial charge in [0.15, 0.2) is 0 Å². The molecule has 0 aromatic rings. The Morgan fingerprint density at radius 2 is 0.818 bits per heavy atom. The number of carbonyl (C=O) groups is 2. The lowest BCUT2D eigenvalue weighted by Gasteiger charge is -2.24. The van der Waals surface area contributed by atoms with Gasteiger partial charge in [0.05, 0.1) is 25.2 Å². The Kier molecular flexibility index (Phi) is 51.1. The number of carbonyl (C=O) groups excluding carboxylic acids is 2. The van der Waals surface area contributed by atoms with Crippen LogP contribution in [0.4, 0.5) is 0 Å². The molecule has 0 aliphatic heterocycles. The summed E-state index contributed by atoms with van der Waals surface area (Å²) in [6.07, 6.45) is 68.2. The maximum absolute atomic E-state index is 13.3. The molecule has 0 aliphatic rings. The molecule has 6 heteroatoms. The molecule has 0 saturated heterocycles. The van der Waals surface area contributed by atoms with Crippen LogP contribution in [0.3, 0.4) is 0 Å². The topological polar surface area (TPSA) is 95.9 Å². The summed E-state index contributed by atoms with van der Waals surface area (Å²) >= 11 is 0. The van der Waals surface area contributed by atoms with Crippen LogP contribution in [0, 0.1) is 0 Å². The minimum absolute atomic E-state index is 0.0515. The smallest absolute Gasteiger partial charge is 0.306 e. The second-order valence-corrected chi connectivity index (χ2v) is 19.0. The number of nitrogens with one attached hydrogen (secondary N) is 1. The second kappa shape index (κ2) is 53.3. The number of allylic oxidation sites excluding steroid dienone is 12. The molecule has 0 aromatic heterocycles. The maximum Gasteiger partial charge on any atom is 0.306 e. The summed E-state index contributed by atoms with van der Waals surface area (Å²) in [6, 6.07) is -0.717. The lowest BCUT2D eigenvalue weighted by molar-refractivity contribution is -0.151. The number of hydrogen-bond acceptors (Lipinski definition) is 5. The van der Waals surface area contributed by atoms with Crippen LogP contribution in [0.1, 0.15) is 271 Å². The zero-order chi connectivity index (χ0) is 48.1. The predicted octanol–water partition coefficient (Wildman–Crippen LogP) is 17.3. The van der Waals surface area contributed by atoms with Crippen molar-refractivity contribution in [3.05, 3.63) is 72.9 Å². The number of amides is 1. The van der Waals surface area contributed by atoms with Gasteiger partial charge in [-0.1, -0.05) is 235 Å². The summed E-state index contributed by atoms with van der Waals surface area (Å²) in [5.74, 6) is -0.519. The number of rotatable bonds is 50. The number of aliphatic hydroxyl groups is 2. The van der Waals surface area contributed by atoms with Crippen molar-refractivity contribution in [2.45, 2.75) is 289 Å². The predicted molar refractivity (Wildman–Crippen MR) is 287 cm³/mol. The number of esters is 1. The minimum Gasteiger partial charge on any atom is -0.462 e. The van der Waals surface area contributed by atoms with Crippen molar-refractivity contribution in [2.75, 3.05) is 6.61 Å². The van der Waals surface area contributed by atoms with E-state index in [2.05, 4.69) is 99.0 Å². The first kappa shape index (κ1) is 63.3. The molecule has 66 heavy (non-hydrogen) atoms. The highest BCUT2D eigenvalue weighted by Crippen LogP contribution is 2.18. The SMILES string of the molecule is CC/C=C/C/C=C/C/C=C/CCCCCCC(=O)OC(CCCCCC/C=C\C/C=C\C/C=C\CCCCC)CC(=O)NC(CO)C(O)CCCCCCCCCCCCCCCCCC. The maximum atomic E-state index is 13.3. The Hall–Kier alpha value is -2.70. The van der Waals surface area contributed by atoms with Gasteiger partial charge < -0.3 is 20.3 Å². The summed E-state index contributed by atoms with van der Waals surface area (Å²) in [6.45, 7) is 6.35. The summed E-state index contributed by atoms with van der Waals surface area (Å²) in [5, 5.41) is 23.9. The lowest BCUT2D eigenvalue weighted by atomic mass is 10.0. The Labute approximate surface area is 409 Å². The van der Waals surface area contributed by atoms with E-state index in [1.807, 2.05) is 0 Å². The van der Waals surface area contributed by atoms with E-state index in [0.717, 1.165) is 116 Å². The van der Waals surface area contributed by atoms with Crippen LogP contribution in [-0.2, 0) is 14.3 Å². The average molecular weight is 923 g/mol. The standard InChI is InChI=1S/C60H107NO5/c1-4-7-10-13-16-19-22-25-28-30-31-33-36-39-42-45-48-51-56(66-60(65)53-50-47-44-41-38-35-27-24-21-18-15-12-9-6-3)54-59(64)61-57(55-62)58(63)52-49-46-43-40-37-34-32-29-26-23-20-17-14-11-8-5-2/h9,12,16,18-19,21,25,27-28,31,33,35,56-58,62-63H,4-8,10-11,13-15,17,20,22-24,26,29-30,32,34,36-55H2,1-3H3,(H,61,64)/b12-9+,19-16-,21-18+,28-25-,33-31-,35-27+. The summed E-state index contributed by atoms with van der Waals surface area (Å²) in [7, 11) is 0. The highest BCUT2D eigenvalue weighted by atomic mass is 16.5. The molecule has 0 heterocycles. The van der Waals surface area contributed by atoms with Crippen LogP contribution in [0.15, 0.2) is 72.9 Å². The van der Waals surface area contributed by atoms with E-state index in [4.69, 9.17) is 4.74 Å². The molecule has 3 unspecified atom stereocenters. The molecule has 0 spiro atoms. The molecule has 0 saturated carbocycles. The minimum atomic E-state index is -0.802. The average Bonchev–Trinajstić information content (AvgIpc) is 3.31. The van der Waals surface area contributed by atoms with Crippen LogP contribution in [0.25, 0.3) is 0 Å². The van der Waals surface area contributed by atoms with Gasteiger partial charge in [0.1, 0.15) is 6.10 Å². The van der Waals surface area contributed by atoms with Crippen LogP contribution in [0.2, 0.25) is 0 Å². The highest BCUT2D eigenvalue weighted by molar-refractivity contribution is 5.77. The number of ether oxygens (including phenoxy) is 1. The number of hydrogen-bond donors (Lipinski definition) is 3. The van der Waals surface area contributed by atoms with Gasteiger partial charge >= 0.3 is 5.97 Å². The van der Waals surface area contributed by atoms with E-state index < -0.39 is 18.2 Å². The molecule has 382 valence electrons. The quantitative estimate of drug-likeness (QED) is 0.0321. The van der Waals surface area contributed by atoms with E-state index in [1.54, 1.807) is 0 Å². The fourth-order valence-electron chi connectivity index (χ4n) is 8.28. The third kappa shape index (κ3) is 47.8. The first-order chi connectivity index (χ1) is 32.5. The fourth-order valence-corrected chi connectivity index (χ4v) is 8.28. The molecule has 3 N–H and O–H groups in total. The Balaban J connectivity index is 4.63. The van der Waals surface area contributed by atoms with Crippen LogP contribution < -0.4 is 5.32 Å². The van der Waals surface area contributed by atoms with Gasteiger partial charge in [-0.3, -0.25) is 9.59 Å². The summed E-state index contributed by atoms with van der Waals surface area (Å²) in [5.41, 5.74) is 0. The molecular formula is C60H107NO5. The van der Waals surface area contributed by atoms with Gasteiger partial charge in [0.25, 0.3) is 0 Å². The van der Waals surface area contributed by atoms with Gasteiger partial charge in [-0.05, 0) is 96.3 Å². The van der Waals surface area contributed by atoms with Crippen molar-refractivity contribution in [1.82, 2.24) is 5.32 Å². The van der Waals surface area contributed by atoms with E-state index in [-0.39, 0.29) is 24.9 Å². The van der Waals surface area contributed by atoms with E-state index in [1.165, 1.54) is 109 Å². The first-order valence-electron chi connectivity index (χ1n) is 28.2. The third-order valence-corrected chi connectivity index (χ3v) is 12.5. The molecule has 0 aromatic carbocycles. The van der Waals surface area contributed by atoms with Gasteiger partial charge in [-0.25, -0.2) is 0 Å². The Morgan fingerprint density at radius 1 is 0.455 bits per heavy atom. The largest absolute Gasteiger partial charge is 0.462 e. The van der Waals surface area contributed by atoms with Crippen molar-refractivity contribution in [2.24, 2.45) is 0 Å². The van der Waals surface area contributed by atoms with Gasteiger partial charge in [0, 0.05) is 6.42 Å². The van der Waals surface area contributed by atoms with Crippen molar-refractivity contribution in [3.63, 3.8) is 0 Å². The molecule has 0 bridgehead atoms. The first-order valence-corrected chi connectivity index (χ1v) is 28.2. The molecular weight excluding hydrogens is 815 g/mol. The van der Waals surface area contributed by atoms with Crippen molar-refractivity contribution in [3.8, 4) is 0 Å². The number of unbranched alkanes of at least 4 members (excludes halogenated alkanes) is 26. The zero-order valence-corrected chi connectivity index (χ0v) is 43.6. The molecule has 6 nitrogen and oxygen atoms in total. The summed E-state index contributed by atoms with van der Waals surface area (Å²) in [4.78, 5) is 26.2. The third-order valence-electron chi connectivity index (χ3n) is 12.5. The van der Waals surface area contributed by atoms with Crippen LogP contribution in [-0.4, -0.2) is 46.9 Å². The monoisotopic (exact) mass is 922 g/mol. The van der Waals surface area contributed by atoms with Crippen molar-refractivity contribution >= 4 is 11.9 Å². The van der Waals surface area contributed by atoms with Crippen LogP contribution >= 0.6 is 0 Å². The van der Waals surface area contributed by atoms with Crippen molar-refractivity contribution < 1.29 is 24.5 Å². The zero-order valence-electron chi connectivity index (χ0n) is 43.6. The van der Waals surface area contributed by atoms with Gasteiger partial charge in [0.2, 0.25) is 5.91 Å². The molecule has 0 rings (SSSR count). The Bertz CT molecular complexity index is 1220. The van der Waals surface area contributed by atoms with E-state index in [0.29, 0.717) is 19.3 Å². The molecule has 0 fully saturated rings. The van der Waals surface area contributed by atoms with Crippen molar-refractivity contribution in [1.29, 1.82) is 0 Å². The fraction of sp³-hybridized carbons (Fsp3) is 0.767. The van der Waals surface area contributed by atoms with Crippen LogP contribution in [0.5, 0.6) is 0 Å². The van der Waals surface area contributed by atoms with Gasteiger partial charge in [-0.2, -0.15) is 0 Å². The highest BCUT2D eigenvalue weighted by Gasteiger charge is 2.24. The molecule has 3 atom stereocenters. The normalized spacial score (nSPS) is 13.7. The molecule has 0 radical (unpaired) electrons. The number of aliphatic hydroxyl groups excluding tert-OH is 2. The lowest BCUT2D eigenvalue weighted by Crippen LogP contribution is -2.46. The Morgan fingerprint density at radius 3 is 1.27 bits per heavy atom. The van der Waals surface area contributed by atoms with E-state index in [9.17, 15) is 19.8 Å². The van der Waals surface area contributed by atoms with E-state index >= 15 is 0 Å². The summed E-state index contributed by atoms with van der Waals surface area (Å²) < 4.78 is 5.93. The molecule has 0 aliphatic carbocycles.